The second-order valence-electron chi connectivity index (χ2n) is 4.26. The van der Waals surface area contributed by atoms with Gasteiger partial charge in [0.15, 0.2) is 5.03 Å². The van der Waals surface area contributed by atoms with E-state index in [9.17, 15) is 13.2 Å². The summed E-state index contributed by atoms with van der Waals surface area (Å²) in [6.45, 7) is 0.115. The lowest BCUT2D eigenvalue weighted by Gasteiger charge is -2.06. The van der Waals surface area contributed by atoms with Crippen molar-refractivity contribution in [2.45, 2.75) is 11.4 Å². The summed E-state index contributed by atoms with van der Waals surface area (Å²) >= 11 is 0. The van der Waals surface area contributed by atoms with Crippen LogP contribution >= 0.6 is 0 Å². The van der Waals surface area contributed by atoms with E-state index >= 15 is 0 Å². The molecule has 0 fully saturated rings. The lowest BCUT2D eigenvalue weighted by Crippen LogP contribution is -2.28. The number of nitrogens with one attached hydrogen (secondary N) is 1. The first-order valence-corrected chi connectivity index (χ1v) is 7.55. The van der Waals surface area contributed by atoms with Crippen molar-refractivity contribution in [2.75, 3.05) is 6.54 Å². The molecule has 2 heterocycles. The van der Waals surface area contributed by atoms with Crippen LogP contribution in [0.5, 0.6) is 0 Å². The number of nitrogens with zero attached hydrogens (tertiary/aromatic N) is 3. The number of rotatable bonds is 6. The minimum atomic E-state index is -3.64. The van der Waals surface area contributed by atoms with Crippen molar-refractivity contribution in [3.05, 3.63) is 41.9 Å². The average molecular weight is 310 g/mol. The first-order chi connectivity index (χ1) is 9.90. The van der Waals surface area contributed by atoms with Gasteiger partial charge in [0.1, 0.15) is 5.69 Å². The van der Waals surface area contributed by atoms with Crippen LogP contribution in [0.1, 0.15) is 16.2 Å². The van der Waals surface area contributed by atoms with Crippen molar-refractivity contribution < 1.29 is 18.3 Å². The van der Waals surface area contributed by atoms with E-state index < -0.39 is 16.0 Å². The molecule has 0 aliphatic heterocycles. The van der Waals surface area contributed by atoms with Crippen molar-refractivity contribution in [3.63, 3.8) is 0 Å². The fourth-order valence-corrected chi connectivity index (χ4v) is 2.90. The SMILES string of the molecule is Cn1nccc1S(=O)(=O)NCCc1cccc(C(=O)O)n1. The molecule has 0 radical (unpaired) electrons. The van der Waals surface area contributed by atoms with E-state index in [4.69, 9.17) is 5.11 Å². The molecule has 8 nitrogen and oxygen atoms in total. The molecule has 0 saturated carbocycles. The molecule has 2 aromatic rings. The standard InChI is InChI=1S/C12H14N4O4S/c1-16-11(6-7-13-16)21(19,20)14-8-5-9-3-2-4-10(15-9)12(17)18/h2-4,6-7,14H,5,8H2,1H3,(H,17,18). The summed E-state index contributed by atoms with van der Waals surface area (Å²) in [5, 5.41) is 12.7. The average Bonchev–Trinajstić information content (AvgIpc) is 2.86. The van der Waals surface area contributed by atoms with E-state index in [1.54, 1.807) is 12.1 Å². The molecule has 21 heavy (non-hydrogen) atoms. The number of carboxylic acid groups (broad SMARTS) is 1. The molecule has 0 atom stereocenters. The fourth-order valence-electron chi connectivity index (χ4n) is 1.75. The molecular formula is C12H14N4O4S. The van der Waals surface area contributed by atoms with Crippen molar-refractivity contribution in [3.8, 4) is 0 Å². The molecule has 0 amide bonds. The molecule has 112 valence electrons. The lowest BCUT2D eigenvalue weighted by molar-refractivity contribution is 0.0690. The van der Waals surface area contributed by atoms with E-state index in [-0.39, 0.29) is 23.7 Å². The smallest absolute Gasteiger partial charge is 0.354 e. The molecular weight excluding hydrogens is 296 g/mol. The molecule has 9 heteroatoms. The number of sulfonamides is 1. The van der Waals surface area contributed by atoms with Gasteiger partial charge in [0, 0.05) is 25.7 Å². The van der Waals surface area contributed by atoms with Gasteiger partial charge in [0.2, 0.25) is 0 Å². The van der Waals surface area contributed by atoms with Gasteiger partial charge in [-0.05, 0) is 18.2 Å². The van der Waals surface area contributed by atoms with E-state index in [1.807, 2.05) is 0 Å². The molecule has 0 saturated heterocycles. The Balaban J connectivity index is 2.00. The topological polar surface area (TPSA) is 114 Å². The maximum absolute atomic E-state index is 12.0. The molecule has 0 bridgehead atoms. The molecule has 2 N–H and O–H groups in total. The second-order valence-corrected chi connectivity index (χ2v) is 5.97. The van der Waals surface area contributed by atoms with Crippen molar-refractivity contribution in [2.24, 2.45) is 7.05 Å². The third-order valence-electron chi connectivity index (χ3n) is 2.75. The number of hydrogen-bond donors (Lipinski definition) is 2. The van der Waals surface area contributed by atoms with Crippen LogP contribution < -0.4 is 4.72 Å². The predicted molar refractivity (Wildman–Crippen MR) is 73.3 cm³/mol. The highest BCUT2D eigenvalue weighted by atomic mass is 32.2. The Morgan fingerprint density at radius 1 is 1.38 bits per heavy atom. The quantitative estimate of drug-likeness (QED) is 0.778. The largest absolute Gasteiger partial charge is 0.477 e. The predicted octanol–water partition coefficient (Wildman–Crippen LogP) is 0.0343. The Bertz CT molecular complexity index is 754. The fraction of sp³-hybridized carbons (Fsp3) is 0.250. The summed E-state index contributed by atoms with van der Waals surface area (Å²) in [5.74, 6) is -1.12. The van der Waals surface area contributed by atoms with Crippen LogP contribution in [0.2, 0.25) is 0 Å². The van der Waals surface area contributed by atoms with Crippen LogP contribution in [0, 0.1) is 0 Å². The summed E-state index contributed by atoms with van der Waals surface area (Å²) in [6.07, 6.45) is 1.69. The summed E-state index contributed by atoms with van der Waals surface area (Å²) in [4.78, 5) is 14.7. The molecule has 0 aliphatic carbocycles. The number of carboxylic acids is 1. The Kier molecular flexibility index (Phi) is 4.34. The van der Waals surface area contributed by atoms with Crippen LogP contribution in [-0.2, 0) is 23.5 Å². The molecule has 0 unspecified atom stereocenters. The maximum Gasteiger partial charge on any atom is 0.354 e. The molecule has 2 rings (SSSR count). The summed E-state index contributed by atoms with van der Waals surface area (Å²) in [5.41, 5.74) is 0.435. The van der Waals surface area contributed by atoms with Crippen molar-refractivity contribution >= 4 is 16.0 Å². The third kappa shape index (κ3) is 3.64. The lowest BCUT2D eigenvalue weighted by atomic mass is 10.2. The Morgan fingerprint density at radius 2 is 2.14 bits per heavy atom. The zero-order valence-corrected chi connectivity index (χ0v) is 12.0. The number of aromatic nitrogens is 3. The molecule has 2 aromatic heterocycles. The normalized spacial score (nSPS) is 11.5. The monoisotopic (exact) mass is 310 g/mol. The van der Waals surface area contributed by atoms with Gasteiger partial charge in [-0.1, -0.05) is 6.07 Å². The summed E-state index contributed by atoms with van der Waals surface area (Å²) in [7, 11) is -2.10. The van der Waals surface area contributed by atoms with Gasteiger partial charge in [0.25, 0.3) is 10.0 Å². The Morgan fingerprint density at radius 3 is 2.76 bits per heavy atom. The molecule has 0 aliphatic rings. The van der Waals surface area contributed by atoms with Crippen LogP contribution in [-0.4, -0.2) is 40.8 Å². The highest BCUT2D eigenvalue weighted by molar-refractivity contribution is 7.89. The highest BCUT2D eigenvalue weighted by Crippen LogP contribution is 2.06. The van der Waals surface area contributed by atoms with Crippen LogP contribution in [0.25, 0.3) is 0 Å². The maximum atomic E-state index is 12.0. The van der Waals surface area contributed by atoms with Gasteiger partial charge in [-0.2, -0.15) is 5.10 Å². The number of hydrogen-bond acceptors (Lipinski definition) is 5. The van der Waals surface area contributed by atoms with Gasteiger partial charge in [-0.25, -0.2) is 22.9 Å². The van der Waals surface area contributed by atoms with E-state index in [2.05, 4.69) is 14.8 Å². The van der Waals surface area contributed by atoms with Gasteiger partial charge < -0.3 is 5.11 Å². The van der Waals surface area contributed by atoms with Crippen LogP contribution in [0.15, 0.2) is 35.5 Å². The minimum Gasteiger partial charge on any atom is -0.477 e. The van der Waals surface area contributed by atoms with Crippen LogP contribution in [0.4, 0.5) is 0 Å². The highest BCUT2D eigenvalue weighted by Gasteiger charge is 2.17. The van der Waals surface area contributed by atoms with Gasteiger partial charge in [0.05, 0.1) is 6.20 Å². The first-order valence-electron chi connectivity index (χ1n) is 6.07. The van der Waals surface area contributed by atoms with Gasteiger partial charge in [-0.15, -0.1) is 0 Å². The zero-order chi connectivity index (χ0) is 15.5. The summed E-state index contributed by atoms with van der Waals surface area (Å²) < 4.78 is 27.7. The van der Waals surface area contributed by atoms with Crippen molar-refractivity contribution in [1.82, 2.24) is 19.5 Å². The zero-order valence-electron chi connectivity index (χ0n) is 11.2. The first kappa shape index (κ1) is 15.1. The third-order valence-corrected chi connectivity index (χ3v) is 4.29. The van der Waals surface area contributed by atoms with Crippen LogP contribution in [0.3, 0.4) is 0 Å². The van der Waals surface area contributed by atoms with Crippen molar-refractivity contribution in [1.29, 1.82) is 0 Å². The molecule has 0 spiro atoms. The molecule has 0 aromatic carbocycles. The van der Waals surface area contributed by atoms with E-state index in [1.165, 1.54) is 30.1 Å². The van der Waals surface area contributed by atoms with Gasteiger partial charge >= 0.3 is 5.97 Å². The van der Waals surface area contributed by atoms with E-state index in [0.29, 0.717) is 5.69 Å². The number of aryl methyl sites for hydroxylation is 1. The number of aromatic carboxylic acids is 1. The minimum absolute atomic E-state index is 0.0646. The van der Waals surface area contributed by atoms with E-state index in [0.717, 1.165) is 0 Å². The second kappa shape index (κ2) is 6.02. The summed E-state index contributed by atoms with van der Waals surface area (Å²) in [6, 6.07) is 5.99. The Hall–Kier alpha value is -2.26. The Labute approximate surface area is 121 Å². The number of pyridine rings is 1. The van der Waals surface area contributed by atoms with Gasteiger partial charge in [-0.3, -0.25) is 4.68 Å². The number of carbonyl (C=O) groups is 1.